The molecule has 2 amide bonds. The van der Waals surface area contributed by atoms with Crippen molar-refractivity contribution >= 4 is 17.8 Å². The first-order valence-electron chi connectivity index (χ1n) is 20.7. The molecule has 7 heteroatoms. The molecule has 5 aliphatic carbocycles. The summed E-state index contributed by atoms with van der Waals surface area (Å²) in [5.41, 5.74) is 2.88. The molecule has 0 heterocycles. The summed E-state index contributed by atoms with van der Waals surface area (Å²) in [5, 5.41) is 26.3. The Bertz CT molecular complexity index is 1540. The summed E-state index contributed by atoms with van der Waals surface area (Å²) in [7, 11) is 0. The molecule has 2 unspecified atom stereocenters. The van der Waals surface area contributed by atoms with E-state index in [1.54, 1.807) is 0 Å². The molecule has 5 saturated carbocycles. The van der Waals surface area contributed by atoms with E-state index in [0.29, 0.717) is 48.7 Å². The molecule has 10 atom stereocenters. The van der Waals surface area contributed by atoms with Crippen LogP contribution in [0.2, 0.25) is 0 Å². The zero-order chi connectivity index (χ0) is 37.7. The highest BCUT2D eigenvalue weighted by atomic mass is 16.4. The van der Waals surface area contributed by atoms with E-state index in [-0.39, 0.29) is 51.9 Å². The zero-order valence-electron chi connectivity index (χ0n) is 33.1. The van der Waals surface area contributed by atoms with Gasteiger partial charge in [-0.3, -0.25) is 14.4 Å². The van der Waals surface area contributed by atoms with Crippen molar-refractivity contribution in [2.75, 3.05) is 6.54 Å². The highest BCUT2D eigenvalue weighted by molar-refractivity contribution is 5.94. The second-order valence-corrected chi connectivity index (χ2v) is 19.4. The van der Waals surface area contributed by atoms with Gasteiger partial charge in [-0.15, -0.1) is 0 Å². The van der Waals surface area contributed by atoms with E-state index >= 15 is 0 Å². The van der Waals surface area contributed by atoms with Crippen LogP contribution in [0.3, 0.4) is 0 Å². The third kappa shape index (κ3) is 6.47. The van der Waals surface area contributed by atoms with Crippen molar-refractivity contribution in [2.45, 2.75) is 151 Å². The number of unbranched alkanes of at least 4 members (excludes halogenated alkanes) is 3. The Balaban J connectivity index is 1.15. The number of rotatable bonds is 12. The van der Waals surface area contributed by atoms with Crippen molar-refractivity contribution in [3.63, 3.8) is 0 Å². The summed E-state index contributed by atoms with van der Waals surface area (Å²) in [6.07, 6.45) is 13.9. The minimum atomic E-state index is -0.764. The summed E-state index contributed by atoms with van der Waals surface area (Å²) in [4.78, 5) is 38.3. The van der Waals surface area contributed by atoms with Crippen molar-refractivity contribution in [1.29, 1.82) is 0 Å². The molecule has 52 heavy (non-hydrogen) atoms. The second-order valence-electron chi connectivity index (χ2n) is 19.4. The molecule has 5 aliphatic rings. The fraction of sp³-hybridized carbons (Fsp3) is 0.756. The van der Waals surface area contributed by atoms with E-state index in [4.69, 9.17) is 5.11 Å². The second kappa shape index (κ2) is 14.5. The molecule has 7 nitrogen and oxygen atoms in total. The lowest BCUT2D eigenvalue weighted by Gasteiger charge is -2.72. The van der Waals surface area contributed by atoms with Crippen LogP contribution in [0.15, 0.2) is 36.4 Å². The molecular weight excluding hydrogens is 649 g/mol. The number of hydrogen-bond acceptors (Lipinski definition) is 4. The molecular formula is C45H68N2O5. The van der Waals surface area contributed by atoms with E-state index in [2.05, 4.69) is 58.8 Å². The van der Waals surface area contributed by atoms with Crippen LogP contribution >= 0.6 is 0 Å². The predicted octanol–water partition coefficient (Wildman–Crippen LogP) is 9.09. The van der Waals surface area contributed by atoms with Crippen molar-refractivity contribution in [1.82, 2.24) is 10.6 Å². The predicted molar refractivity (Wildman–Crippen MR) is 206 cm³/mol. The van der Waals surface area contributed by atoms with Crippen LogP contribution < -0.4 is 10.6 Å². The number of carboxylic acid groups (broad SMARTS) is 1. The number of aliphatic hydroxyl groups is 1. The quantitative estimate of drug-likeness (QED) is 0.127. The van der Waals surface area contributed by atoms with Crippen LogP contribution in [0.4, 0.5) is 0 Å². The van der Waals surface area contributed by atoms with Gasteiger partial charge in [0.25, 0.3) is 5.91 Å². The van der Waals surface area contributed by atoms with Gasteiger partial charge < -0.3 is 20.8 Å². The van der Waals surface area contributed by atoms with Crippen molar-refractivity contribution in [3.8, 4) is 0 Å². The molecule has 0 saturated heterocycles. The third-order valence-corrected chi connectivity index (χ3v) is 16.7. The number of carboxylic acids is 1. The molecule has 288 valence electrons. The van der Waals surface area contributed by atoms with Crippen LogP contribution in [-0.4, -0.2) is 40.6 Å². The lowest BCUT2D eigenvalue weighted by atomic mass is 9.32. The third-order valence-electron chi connectivity index (χ3n) is 16.7. The fourth-order valence-electron chi connectivity index (χ4n) is 13.8. The van der Waals surface area contributed by atoms with Crippen LogP contribution in [0.5, 0.6) is 0 Å². The number of hydrogen-bond donors (Lipinski definition) is 4. The smallest absolute Gasteiger partial charge is 0.303 e. The first-order chi connectivity index (χ1) is 24.5. The number of carbonyl (C=O) groups is 3. The van der Waals surface area contributed by atoms with Gasteiger partial charge in [0.1, 0.15) is 0 Å². The van der Waals surface area contributed by atoms with E-state index in [0.717, 1.165) is 63.4 Å². The number of allylic oxidation sites excluding steroid dienone is 1. The van der Waals surface area contributed by atoms with Gasteiger partial charge in [0.15, 0.2) is 0 Å². The lowest BCUT2D eigenvalue weighted by molar-refractivity contribution is -0.246. The Morgan fingerprint density at radius 2 is 1.58 bits per heavy atom. The van der Waals surface area contributed by atoms with Crippen LogP contribution in [0, 0.1) is 56.7 Å². The standard InChI is InChI=1S/C45H68N2O5/c1-29(2)32-18-23-45(40(52)47-28-30-13-12-14-31(27-30)39(51)46-26-11-9-8-10-15-37(49)50)25-24-43(6)33(38(32)45)16-17-35-42(5)21-20-36(48)41(3,4)34(42)19-22-44(35,43)7/h12-14,27,32-36,38,48H,1,8-11,15-26,28H2,2-7H3,(H,46,51)(H,47,52)(H,49,50)/t32-,33?,34?,35+,36-,38+,42-,43+,44+,45-/m0/s1. The molecule has 0 aliphatic heterocycles. The number of aliphatic carboxylic acids is 1. The first-order valence-corrected chi connectivity index (χ1v) is 20.7. The van der Waals surface area contributed by atoms with Crippen molar-refractivity contribution < 1.29 is 24.6 Å². The van der Waals surface area contributed by atoms with Crippen molar-refractivity contribution in [3.05, 3.63) is 47.5 Å². The van der Waals surface area contributed by atoms with Gasteiger partial charge in [-0.05, 0) is 153 Å². The molecule has 1 aromatic carbocycles. The summed E-state index contributed by atoms with van der Waals surface area (Å²) >= 11 is 0. The lowest BCUT2D eigenvalue weighted by Crippen LogP contribution is -2.67. The number of aliphatic hydroxyl groups excluding tert-OH is 1. The maximum atomic E-state index is 14.7. The molecule has 4 N–H and O–H groups in total. The minimum Gasteiger partial charge on any atom is -0.481 e. The van der Waals surface area contributed by atoms with E-state index in [1.165, 1.54) is 31.3 Å². The van der Waals surface area contributed by atoms with Gasteiger partial charge >= 0.3 is 5.97 Å². The van der Waals surface area contributed by atoms with E-state index in [1.807, 2.05) is 24.3 Å². The van der Waals surface area contributed by atoms with E-state index < -0.39 is 11.4 Å². The Labute approximate surface area is 313 Å². The van der Waals surface area contributed by atoms with Gasteiger partial charge in [-0.2, -0.15) is 0 Å². The Hall–Kier alpha value is -2.67. The summed E-state index contributed by atoms with van der Waals surface area (Å²) in [5.74, 6) is 1.59. The highest BCUT2D eigenvalue weighted by Crippen LogP contribution is 2.77. The molecule has 5 fully saturated rings. The van der Waals surface area contributed by atoms with Gasteiger partial charge in [-0.25, -0.2) is 0 Å². The van der Waals surface area contributed by atoms with Crippen LogP contribution in [0.1, 0.15) is 154 Å². The minimum absolute atomic E-state index is 0.0583. The number of nitrogens with one attached hydrogen (secondary N) is 2. The van der Waals surface area contributed by atoms with E-state index in [9.17, 15) is 19.5 Å². The number of carbonyl (C=O) groups excluding carboxylic acids is 2. The Morgan fingerprint density at radius 3 is 2.31 bits per heavy atom. The number of amides is 2. The van der Waals surface area contributed by atoms with Gasteiger partial charge in [0.2, 0.25) is 5.91 Å². The number of benzene rings is 1. The summed E-state index contributed by atoms with van der Waals surface area (Å²) in [6, 6.07) is 7.60. The molecule has 0 bridgehead atoms. The van der Waals surface area contributed by atoms with Gasteiger partial charge in [-0.1, -0.05) is 71.7 Å². The molecule has 0 radical (unpaired) electrons. The fourth-order valence-corrected chi connectivity index (χ4v) is 13.8. The normalized spacial score (nSPS) is 38.9. The van der Waals surface area contributed by atoms with Crippen LogP contribution in [-0.2, 0) is 16.1 Å². The molecule has 0 aromatic heterocycles. The average Bonchev–Trinajstić information content (AvgIpc) is 3.50. The van der Waals surface area contributed by atoms with Crippen molar-refractivity contribution in [2.24, 2.45) is 56.7 Å². The zero-order valence-corrected chi connectivity index (χ0v) is 33.1. The maximum absolute atomic E-state index is 14.7. The maximum Gasteiger partial charge on any atom is 0.303 e. The Kier molecular flexibility index (Phi) is 10.9. The summed E-state index contributed by atoms with van der Waals surface area (Å²) < 4.78 is 0. The van der Waals surface area contributed by atoms with Gasteiger partial charge in [0, 0.05) is 25.1 Å². The molecule has 6 rings (SSSR count). The average molecular weight is 717 g/mol. The summed E-state index contributed by atoms with van der Waals surface area (Å²) in [6.45, 7) is 20.1. The topological polar surface area (TPSA) is 116 Å². The molecule has 1 aromatic rings. The SMILES string of the molecule is C=C(C)[C@@H]1CC[C@]2(C(=O)NCc3cccc(C(=O)NCCCCCCC(=O)O)c3)CC[C@]3(C)C(CC[C@@H]4[C@@]5(C)CC[C@H](O)C(C)(C)C5CC[C@]43C)[C@@H]12. The van der Waals surface area contributed by atoms with Crippen LogP contribution in [0.25, 0.3) is 0 Å². The highest BCUT2D eigenvalue weighted by Gasteiger charge is 2.71. The number of fused-ring (bicyclic) bond motifs is 7. The monoisotopic (exact) mass is 717 g/mol. The molecule has 0 spiro atoms. The van der Waals surface area contributed by atoms with Gasteiger partial charge in [0.05, 0.1) is 11.5 Å². The first kappa shape index (κ1) is 39.0. The largest absolute Gasteiger partial charge is 0.481 e. The Morgan fingerprint density at radius 1 is 0.827 bits per heavy atom.